The first-order valence-electron chi connectivity index (χ1n) is 11.2. The van der Waals surface area contributed by atoms with E-state index in [-0.39, 0.29) is 47.3 Å². The molecule has 1 saturated heterocycles. The molecule has 185 valence electrons. The van der Waals surface area contributed by atoms with Crippen LogP contribution in [0.4, 0.5) is 16.2 Å². The van der Waals surface area contributed by atoms with Crippen molar-refractivity contribution in [2.75, 3.05) is 29.5 Å². The van der Waals surface area contributed by atoms with Crippen LogP contribution >= 0.6 is 0 Å². The fourth-order valence-electron chi connectivity index (χ4n) is 4.26. The molecule has 1 heterocycles. The first kappa shape index (κ1) is 28.0. The average molecular weight is 519 g/mol. The van der Waals surface area contributed by atoms with Crippen molar-refractivity contribution < 1.29 is 22.7 Å². The molecule has 36 heavy (non-hydrogen) atoms. The van der Waals surface area contributed by atoms with Crippen LogP contribution in [0.3, 0.4) is 0 Å². The Kier molecular flexibility index (Phi) is 8.10. The van der Waals surface area contributed by atoms with Gasteiger partial charge < -0.3 is 4.74 Å². The Balaban J connectivity index is 0.00000361. The van der Waals surface area contributed by atoms with E-state index >= 15 is 0 Å². The van der Waals surface area contributed by atoms with Gasteiger partial charge in [0.25, 0.3) is 0 Å². The molecule has 8 nitrogen and oxygen atoms in total. The first-order chi connectivity index (χ1) is 16.4. The summed E-state index contributed by atoms with van der Waals surface area (Å²) < 4.78 is 31.6. The molecule has 3 aromatic rings. The number of nitrogens with one attached hydrogen (secondary N) is 2. The molecule has 1 radical (unpaired) electrons. The fourth-order valence-corrected chi connectivity index (χ4v) is 4.82. The normalized spacial score (nSPS) is 14.3. The van der Waals surface area contributed by atoms with E-state index in [1.165, 1.54) is 0 Å². The Bertz CT molecular complexity index is 1450. The number of hydrogen-bond donors (Lipinski definition) is 2. The molecule has 0 atom stereocenters. The van der Waals surface area contributed by atoms with Crippen LogP contribution < -0.4 is 19.7 Å². The van der Waals surface area contributed by atoms with Crippen LogP contribution in [0.2, 0.25) is 0 Å². The molecule has 0 aliphatic carbocycles. The Morgan fingerprint density at radius 3 is 2.28 bits per heavy atom. The maximum Gasteiger partial charge on any atom is 0.328 e. The van der Waals surface area contributed by atoms with Crippen molar-refractivity contribution >= 4 is 73.7 Å². The zero-order valence-corrected chi connectivity index (χ0v) is 24.2. The molecular formula is C26H29N3NaO5S. The van der Waals surface area contributed by atoms with Gasteiger partial charge in [0, 0.05) is 65.0 Å². The molecule has 1 aliphatic heterocycles. The summed E-state index contributed by atoms with van der Waals surface area (Å²) in [6.07, 6.45) is 1.35. The monoisotopic (exact) mass is 518 g/mol. The number of carbonyl (C=O) groups is 2. The number of amides is 3. The fraction of sp³-hybridized carbons (Fsp3) is 0.308. The summed E-state index contributed by atoms with van der Waals surface area (Å²) in [6, 6.07) is 14.6. The number of anilines is 2. The Morgan fingerprint density at radius 2 is 1.67 bits per heavy atom. The zero-order valence-electron chi connectivity index (χ0n) is 21.4. The number of fused-ring (bicyclic) bond motifs is 1. The summed E-state index contributed by atoms with van der Waals surface area (Å²) >= 11 is 0. The van der Waals surface area contributed by atoms with Crippen LogP contribution in [0.15, 0.2) is 48.5 Å². The average Bonchev–Trinajstić information content (AvgIpc) is 2.76. The van der Waals surface area contributed by atoms with E-state index in [2.05, 4.69) is 30.8 Å². The topological polar surface area (TPSA) is 105 Å². The van der Waals surface area contributed by atoms with E-state index in [0.717, 1.165) is 33.7 Å². The molecule has 3 amide bonds. The molecule has 1 aliphatic rings. The third-order valence-electron chi connectivity index (χ3n) is 5.91. The molecule has 3 aromatic carbocycles. The summed E-state index contributed by atoms with van der Waals surface area (Å²) in [7, 11) is -1.74. The van der Waals surface area contributed by atoms with Crippen molar-refractivity contribution in [2.24, 2.45) is 0 Å². The van der Waals surface area contributed by atoms with Crippen molar-refractivity contribution in [2.45, 2.75) is 32.6 Å². The number of methoxy groups -OCH3 is 1. The maximum atomic E-state index is 12.6. The van der Waals surface area contributed by atoms with E-state index < -0.39 is 16.1 Å². The van der Waals surface area contributed by atoms with E-state index in [4.69, 9.17) is 4.74 Å². The number of urea groups is 1. The third-order valence-corrected chi connectivity index (χ3v) is 6.51. The minimum atomic E-state index is -3.37. The van der Waals surface area contributed by atoms with Crippen LogP contribution in [-0.4, -0.2) is 69.8 Å². The van der Waals surface area contributed by atoms with Gasteiger partial charge in [-0.3, -0.25) is 19.7 Å². The molecule has 0 saturated carbocycles. The van der Waals surface area contributed by atoms with Gasteiger partial charge in [-0.1, -0.05) is 39.0 Å². The number of hydrogen-bond acceptors (Lipinski definition) is 5. The third kappa shape index (κ3) is 6.03. The van der Waals surface area contributed by atoms with Gasteiger partial charge in [-0.25, -0.2) is 13.2 Å². The number of ether oxygens (including phenoxy) is 1. The van der Waals surface area contributed by atoms with E-state index in [0.29, 0.717) is 23.7 Å². The second-order valence-corrected chi connectivity index (χ2v) is 11.5. The van der Waals surface area contributed by atoms with Gasteiger partial charge >= 0.3 is 6.03 Å². The molecule has 0 spiro atoms. The van der Waals surface area contributed by atoms with Crippen molar-refractivity contribution in [3.63, 3.8) is 0 Å². The number of imide groups is 1. The molecule has 0 unspecified atom stereocenters. The van der Waals surface area contributed by atoms with Gasteiger partial charge in [-0.2, -0.15) is 0 Å². The molecule has 10 heteroatoms. The Labute approximate surface area is 233 Å². The number of nitrogens with zero attached hydrogens (tertiary/aromatic N) is 1. The molecule has 2 N–H and O–H groups in total. The first-order valence-corrected chi connectivity index (χ1v) is 13.1. The van der Waals surface area contributed by atoms with Crippen molar-refractivity contribution in [1.82, 2.24) is 5.32 Å². The van der Waals surface area contributed by atoms with Crippen LogP contribution in [0.1, 0.15) is 32.8 Å². The van der Waals surface area contributed by atoms with Crippen LogP contribution in [0.25, 0.3) is 21.9 Å². The van der Waals surface area contributed by atoms with E-state index in [9.17, 15) is 18.0 Å². The smallest absolute Gasteiger partial charge is 0.328 e. The summed E-state index contributed by atoms with van der Waals surface area (Å²) in [5, 5.41) is 4.19. The van der Waals surface area contributed by atoms with E-state index in [1.54, 1.807) is 24.1 Å². The largest absolute Gasteiger partial charge is 0.496 e. The molecule has 0 aromatic heterocycles. The van der Waals surface area contributed by atoms with E-state index in [1.807, 2.05) is 36.4 Å². The van der Waals surface area contributed by atoms with Gasteiger partial charge in [-0.15, -0.1) is 0 Å². The number of rotatable bonds is 5. The van der Waals surface area contributed by atoms with Gasteiger partial charge in [0.1, 0.15) is 5.75 Å². The van der Waals surface area contributed by atoms with Crippen LogP contribution in [0.5, 0.6) is 5.75 Å². The summed E-state index contributed by atoms with van der Waals surface area (Å²) in [5.41, 5.74) is 3.54. The quantitative estimate of drug-likeness (QED) is 0.492. The van der Waals surface area contributed by atoms with Gasteiger partial charge in [0.15, 0.2) is 0 Å². The number of sulfonamides is 1. The molecule has 0 bridgehead atoms. The maximum absolute atomic E-state index is 12.6. The molecule has 1 fully saturated rings. The van der Waals surface area contributed by atoms with Crippen molar-refractivity contribution in [1.29, 1.82) is 0 Å². The second kappa shape index (κ2) is 10.4. The number of carbonyl (C=O) groups excluding carboxylic acids is 2. The second-order valence-electron chi connectivity index (χ2n) is 9.73. The zero-order chi connectivity index (χ0) is 25.5. The van der Waals surface area contributed by atoms with Crippen molar-refractivity contribution in [3.05, 3.63) is 54.1 Å². The van der Waals surface area contributed by atoms with Crippen LogP contribution in [0, 0.1) is 0 Å². The minimum Gasteiger partial charge on any atom is -0.496 e. The summed E-state index contributed by atoms with van der Waals surface area (Å²) in [5.74, 6) is 0.430. The predicted molar refractivity (Wildman–Crippen MR) is 144 cm³/mol. The number of benzene rings is 3. The standard InChI is InChI=1S/C26H29N3O5S.Na/c1-26(2,3)22-15-20(29-11-10-23(30)27-25(29)31)14-21(24(22)34-4)18-7-6-17-13-19(28-35(5,32)33)9-8-16(17)12-18;/h6-9,12-15,28H,10-11H2,1-5H3,(H,27,30,31);. The van der Waals surface area contributed by atoms with Crippen LogP contribution in [-0.2, 0) is 20.2 Å². The van der Waals surface area contributed by atoms with Crippen molar-refractivity contribution in [3.8, 4) is 16.9 Å². The van der Waals surface area contributed by atoms with Gasteiger partial charge in [0.2, 0.25) is 15.9 Å². The van der Waals surface area contributed by atoms with Gasteiger partial charge in [0.05, 0.1) is 13.4 Å². The molecular weight excluding hydrogens is 489 g/mol. The Hall–Kier alpha value is -2.59. The summed E-state index contributed by atoms with van der Waals surface area (Å²) in [6.45, 7) is 6.53. The SMILES string of the molecule is COc1c(-c2ccc3cc(NS(C)(=O)=O)ccc3c2)cc(N2CCC(=O)NC2=O)cc1C(C)(C)C.[Na]. The van der Waals surface area contributed by atoms with Gasteiger partial charge in [-0.05, 0) is 52.1 Å². The molecule has 4 rings (SSSR count). The minimum absolute atomic E-state index is 0. The summed E-state index contributed by atoms with van der Waals surface area (Å²) in [4.78, 5) is 25.8. The Morgan fingerprint density at radius 1 is 1.00 bits per heavy atom. The predicted octanol–water partition coefficient (Wildman–Crippen LogP) is 4.25.